The highest BCUT2D eigenvalue weighted by molar-refractivity contribution is 5.68. The summed E-state index contributed by atoms with van der Waals surface area (Å²) >= 11 is 0. The van der Waals surface area contributed by atoms with Crippen LogP contribution < -0.4 is 10.1 Å². The quantitative estimate of drug-likeness (QED) is 0.907. The van der Waals surface area contributed by atoms with Gasteiger partial charge in [0.15, 0.2) is 0 Å². The van der Waals surface area contributed by atoms with Gasteiger partial charge < -0.3 is 14.8 Å². The molecule has 0 fully saturated rings. The van der Waals surface area contributed by atoms with E-state index in [9.17, 15) is 4.79 Å². The van der Waals surface area contributed by atoms with Gasteiger partial charge in [-0.3, -0.25) is 0 Å². The number of carbonyl (C=O) groups is 1. The summed E-state index contributed by atoms with van der Waals surface area (Å²) in [7, 11) is 1.63. The number of nitrogens with one attached hydrogen (secondary N) is 1. The summed E-state index contributed by atoms with van der Waals surface area (Å²) in [5.41, 5.74) is 0.493. The molecule has 0 radical (unpaired) electrons. The summed E-state index contributed by atoms with van der Waals surface area (Å²) in [4.78, 5) is 11.4. The molecule has 1 aromatic rings. The second kappa shape index (κ2) is 6.83. The summed E-state index contributed by atoms with van der Waals surface area (Å²) in [6.07, 6.45) is 3.33. The van der Waals surface area contributed by atoms with Crippen LogP contribution in [0.2, 0.25) is 0 Å². The Balaban J connectivity index is 2.44. The maximum atomic E-state index is 11.4. The first-order chi connectivity index (χ1) is 8.92. The first kappa shape index (κ1) is 15.1. The van der Waals surface area contributed by atoms with Crippen molar-refractivity contribution < 1.29 is 14.3 Å². The summed E-state index contributed by atoms with van der Waals surface area (Å²) < 4.78 is 10.4. The van der Waals surface area contributed by atoms with Crippen LogP contribution in [0.5, 0.6) is 5.75 Å². The Morgan fingerprint density at radius 2 is 2.00 bits per heavy atom. The van der Waals surface area contributed by atoms with Crippen LogP contribution in [0.15, 0.2) is 30.3 Å². The van der Waals surface area contributed by atoms with Crippen LogP contribution in [-0.4, -0.2) is 25.3 Å². The Hall–Kier alpha value is -1.97. The zero-order valence-electron chi connectivity index (χ0n) is 11.9. The molecular weight excluding hydrogens is 242 g/mol. The van der Waals surface area contributed by atoms with Gasteiger partial charge in [0.25, 0.3) is 0 Å². The van der Waals surface area contributed by atoms with Crippen LogP contribution in [0.1, 0.15) is 26.3 Å². The molecule has 0 aliphatic rings. The van der Waals surface area contributed by atoms with E-state index in [1.165, 1.54) is 0 Å². The van der Waals surface area contributed by atoms with Gasteiger partial charge in [0.2, 0.25) is 0 Å². The summed E-state index contributed by atoms with van der Waals surface area (Å²) in [6, 6.07) is 7.68. The number of rotatable bonds is 4. The molecule has 19 heavy (non-hydrogen) atoms. The molecule has 0 bridgehead atoms. The van der Waals surface area contributed by atoms with Crippen molar-refractivity contribution in [3.63, 3.8) is 0 Å². The Bertz CT molecular complexity index is 447. The third-order valence-corrected chi connectivity index (χ3v) is 2.20. The predicted molar refractivity (Wildman–Crippen MR) is 76.3 cm³/mol. The van der Waals surface area contributed by atoms with Gasteiger partial charge in [-0.15, -0.1) is 0 Å². The highest BCUT2D eigenvalue weighted by atomic mass is 16.6. The largest absolute Gasteiger partial charge is 0.496 e. The third kappa shape index (κ3) is 5.95. The van der Waals surface area contributed by atoms with Crippen molar-refractivity contribution in [3.8, 4) is 5.75 Å². The van der Waals surface area contributed by atoms with Crippen LogP contribution in [0.4, 0.5) is 4.79 Å². The van der Waals surface area contributed by atoms with Gasteiger partial charge in [-0.05, 0) is 26.8 Å². The second-order valence-corrected chi connectivity index (χ2v) is 5.03. The van der Waals surface area contributed by atoms with Crippen molar-refractivity contribution in [1.29, 1.82) is 0 Å². The molecular formula is C15H21NO3. The number of alkyl carbamates (subject to hydrolysis) is 1. The van der Waals surface area contributed by atoms with E-state index in [4.69, 9.17) is 9.47 Å². The maximum Gasteiger partial charge on any atom is 0.407 e. The molecule has 1 rings (SSSR count). The number of amides is 1. The summed E-state index contributed by atoms with van der Waals surface area (Å²) in [5.74, 6) is 0.802. The third-order valence-electron chi connectivity index (χ3n) is 2.20. The average Bonchev–Trinajstić information content (AvgIpc) is 2.33. The van der Waals surface area contributed by atoms with E-state index in [1.807, 2.05) is 57.2 Å². The molecule has 1 aromatic carbocycles. The van der Waals surface area contributed by atoms with Crippen LogP contribution in [0.3, 0.4) is 0 Å². The Morgan fingerprint density at radius 1 is 1.32 bits per heavy atom. The van der Waals surface area contributed by atoms with E-state index in [1.54, 1.807) is 7.11 Å². The molecule has 0 aliphatic carbocycles. The zero-order chi connectivity index (χ0) is 14.3. The van der Waals surface area contributed by atoms with E-state index in [0.29, 0.717) is 6.54 Å². The predicted octanol–water partition coefficient (Wildman–Crippen LogP) is 3.23. The average molecular weight is 263 g/mol. The lowest BCUT2D eigenvalue weighted by atomic mass is 10.2. The lowest BCUT2D eigenvalue weighted by Gasteiger charge is -2.19. The molecule has 0 spiro atoms. The lowest BCUT2D eigenvalue weighted by Crippen LogP contribution is -2.32. The van der Waals surface area contributed by atoms with E-state index in [2.05, 4.69) is 5.32 Å². The van der Waals surface area contributed by atoms with Crippen LogP contribution in [0, 0.1) is 0 Å². The normalized spacial score (nSPS) is 11.4. The highest BCUT2D eigenvalue weighted by Gasteiger charge is 2.14. The minimum absolute atomic E-state index is 0.410. The molecule has 0 saturated carbocycles. The van der Waals surface area contributed by atoms with Gasteiger partial charge in [-0.1, -0.05) is 30.4 Å². The van der Waals surface area contributed by atoms with Gasteiger partial charge in [0.1, 0.15) is 11.4 Å². The number of hydrogen-bond acceptors (Lipinski definition) is 3. The molecule has 4 nitrogen and oxygen atoms in total. The number of hydrogen-bond donors (Lipinski definition) is 1. The Kier molecular flexibility index (Phi) is 5.42. The number of benzene rings is 1. The van der Waals surface area contributed by atoms with E-state index < -0.39 is 11.7 Å². The van der Waals surface area contributed by atoms with E-state index in [-0.39, 0.29) is 0 Å². The minimum Gasteiger partial charge on any atom is -0.496 e. The topological polar surface area (TPSA) is 47.6 Å². The molecule has 1 N–H and O–H groups in total. The minimum atomic E-state index is -0.476. The molecule has 0 heterocycles. The molecule has 104 valence electrons. The number of para-hydroxylation sites is 1. The number of carbonyl (C=O) groups excluding carboxylic acids is 1. The number of ether oxygens (including phenoxy) is 2. The van der Waals surface area contributed by atoms with E-state index in [0.717, 1.165) is 11.3 Å². The molecule has 4 heteroatoms. The van der Waals surface area contributed by atoms with Crippen molar-refractivity contribution in [2.24, 2.45) is 0 Å². The SMILES string of the molecule is COc1ccccc1C=CCNC(=O)OC(C)(C)C. The first-order valence-electron chi connectivity index (χ1n) is 6.19. The fourth-order valence-corrected chi connectivity index (χ4v) is 1.45. The maximum absolute atomic E-state index is 11.4. The fourth-order valence-electron chi connectivity index (χ4n) is 1.45. The van der Waals surface area contributed by atoms with Crippen molar-refractivity contribution >= 4 is 12.2 Å². The second-order valence-electron chi connectivity index (χ2n) is 5.03. The molecule has 0 unspecified atom stereocenters. The summed E-state index contributed by atoms with van der Waals surface area (Å²) in [6.45, 7) is 5.90. The molecule has 0 atom stereocenters. The monoisotopic (exact) mass is 263 g/mol. The Morgan fingerprint density at radius 3 is 2.63 bits per heavy atom. The first-order valence-corrected chi connectivity index (χ1v) is 6.19. The smallest absolute Gasteiger partial charge is 0.407 e. The molecule has 1 amide bonds. The number of methoxy groups -OCH3 is 1. The molecule has 0 aliphatic heterocycles. The van der Waals surface area contributed by atoms with Crippen molar-refractivity contribution in [2.45, 2.75) is 26.4 Å². The van der Waals surface area contributed by atoms with Gasteiger partial charge in [0.05, 0.1) is 7.11 Å². The van der Waals surface area contributed by atoms with Crippen molar-refractivity contribution in [3.05, 3.63) is 35.9 Å². The summed E-state index contributed by atoms with van der Waals surface area (Å²) in [5, 5.41) is 2.66. The fraction of sp³-hybridized carbons (Fsp3) is 0.400. The van der Waals surface area contributed by atoms with Gasteiger partial charge in [0, 0.05) is 12.1 Å². The van der Waals surface area contributed by atoms with Crippen LogP contribution >= 0.6 is 0 Å². The Labute approximate surface area is 114 Å². The van der Waals surface area contributed by atoms with E-state index >= 15 is 0 Å². The molecule has 0 saturated heterocycles. The van der Waals surface area contributed by atoms with Crippen LogP contribution in [0.25, 0.3) is 6.08 Å². The van der Waals surface area contributed by atoms with Gasteiger partial charge >= 0.3 is 6.09 Å². The van der Waals surface area contributed by atoms with Gasteiger partial charge in [-0.25, -0.2) is 4.79 Å². The van der Waals surface area contributed by atoms with Gasteiger partial charge in [-0.2, -0.15) is 0 Å². The van der Waals surface area contributed by atoms with Crippen molar-refractivity contribution in [2.75, 3.05) is 13.7 Å². The zero-order valence-corrected chi connectivity index (χ0v) is 11.9. The standard InChI is InChI=1S/C15H21NO3/c1-15(2,3)19-14(17)16-11-7-9-12-8-5-6-10-13(12)18-4/h5-10H,11H2,1-4H3,(H,16,17). The van der Waals surface area contributed by atoms with Crippen molar-refractivity contribution in [1.82, 2.24) is 5.32 Å². The lowest BCUT2D eigenvalue weighted by molar-refractivity contribution is 0.0534. The molecule has 0 aromatic heterocycles. The highest BCUT2D eigenvalue weighted by Crippen LogP contribution is 2.18. The van der Waals surface area contributed by atoms with Crippen LogP contribution in [-0.2, 0) is 4.74 Å².